The second-order valence-electron chi connectivity index (χ2n) is 9.14. The number of hydrogen-bond donors (Lipinski definition) is 0. The maximum Gasteiger partial charge on any atom is 0.0651 e. The van der Waals surface area contributed by atoms with Crippen molar-refractivity contribution >= 4 is 75.3 Å². The number of thiophene rings is 1. The van der Waals surface area contributed by atoms with Crippen LogP contribution in [0.15, 0.2) is 138 Å². The predicted octanol–water partition coefficient (Wildman–Crippen LogP) is 11.1. The van der Waals surface area contributed by atoms with Gasteiger partial charge in [-0.3, -0.25) is 0 Å². The molecule has 1 nitrogen and oxygen atoms in total. The average molecular weight is 557 g/mol. The number of nitrogens with zero attached hydrogens (tertiary/aromatic N) is 1. The number of hydrogen-bond acceptors (Lipinski definition) is 2. The summed E-state index contributed by atoms with van der Waals surface area (Å²) >= 11 is 5.66. The fourth-order valence-corrected chi connectivity index (χ4v) is 6.85. The highest BCUT2D eigenvalue weighted by Gasteiger charge is 2.19. The van der Waals surface area contributed by atoms with Gasteiger partial charge in [-0.05, 0) is 64.4 Å². The van der Waals surface area contributed by atoms with Crippen LogP contribution in [0.3, 0.4) is 0 Å². The molecular weight excluding hydrogens is 534 g/mol. The van der Waals surface area contributed by atoms with Gasteiger partial charge in [-0.15, -0.1) is 11.3 Å². The molecule has 0 saturated heterocycles. The third kappa shape index (κ3) is 3.92. The van der Waals surface area contributed by atoms with Gasteiger partial charge in [-0.25, -0.2) is 0 Å². The van der Waals surface area contributed by atoms with E-state index < -0.39 is 0 Å². The van der Waals surface area contributed by atoms with Gasteiger partial charge in [0.1, 0.15) is 0 Å². The van der Waals surface area contributed by atoms with Crippen molar-refractivity contribution in [1.29, 1.82) is 0 Å². The van der Waals surface area contributed by atoms with Crippen molar-refractivity contribution in [2.24, 2.45) is 0 Å². The molecule has 176 valence electrons. The predicted molar refractivity (Wildman–Crippen MR) is 165 cm³/mol. The Morgan fingerprint density at radius 1 is 0.541 bits per heavy atom. The van der Waals surface area contributed by atoms with Crippen LogP contribution in [0.2, 0.25) is 0 Å². The maximum atomic E-state index is 3.81. The summed E-state index contributed by atoms with van der Waals surface area (Å²) in [6.07, 6.45) is 0. The Labute approximate surface area is 228 Å². The van der Waals surface area contributed by atoms with E-state index in [0.717, 1.165) is 15.8 Å². The van der Waals surface area contributed by atoms with Crippen LogP contribution in [0, 0.1) is 0 Å². The van der Waals surface area contributed by atoms with Crippen LogP contribution in [-0.4, -0.2) is 0 Å². The molecule has 0 aliphatic carbocycles. The highest BCUT2D eigenvalue weighted by Crippen LogP contribution is 2.46. The van der Waals surface area contributed by atoms with Crippen molar-refractivity contribution in [1.82, 2.24) is 0 Å². The van der Waals surface area contributed by atoms with Crippen molar-refractivity contribution in [3.05, 3.63) is 138 Å². The zero-order valence-electron chi connectivity index (χ0n) is 19.9. The Balaban J connectivity index is 1.42. The lowest BCUT2D eigenvalue weighted by molar-refractivity contribution is 1.30. The fraction of sp³-hybridized carbons (Fsp3) is 0. The van der Waals surface area contributed by atoms with E-state index in [-0.39, 0.29) is 0 Å². The molecule has 0 aliphatic rings. The first kappa shape index (κ1) is 22.3. The van der Waals surface area contributed by atoms with Crippen LogP contribution in [0.1, 0.15) is 0 Å². The second-order valence-corrected chi connectivity index (χ2v) is 11.1. The molecule has 0 fully saturated rings. The van der Waals surface area contributed by atoms with E-state index in [1.54, 1.807) is 0 Å². The van der Waals surface area contributed by atoms with Crippen molar-refractivity contribution in [2.75, 3.05) is 4.90 Å². The zero-order valence-corrected chi connectivity index (χ0v) is 22.3. The zero-order chi connectivity index (χ0) is 24.8. The van der Waals surface area contributed by atoms with Gasteiger partial charge in [0.2, 0.25) is 0 Å². The van der Waals surface area contributed by atoms with E-state index in [9.17, 15) is 0 Å². The third-order valence-electron chi connectivity index (χ3n) is 6.90. The van der Waals surface area contributed by atoms with Crippen molar-refractivity contribution in [3.8, 4) is 11.1 Å². The van der Waals surface area contributed by atoms with Crippen molar-refractivity contribution in [2.45, 2.75) is 0 Å². The Hall–Kier alpha value is -3.92. The minimum Gasteiger partial charge on any atom is -0.309 e. The molecule has 0 spiro atoms. The van der Waals surface area contributed by atoms with E-state index in [1.165, 1.54) is 47.8 Å². The fourth-order valence-electron chi connectivity index (χ4n) is 5.21. The summed E-state index contributed by atoms with van der Waals surface area (Å²) in [4.78, 5) is 2.37. The highest BCUT2D eigenvalue weighted by atomic mass is 79.9. The third-order valence-corrected chi connectivity index (χ3v) is 8.57. The summed E-state index contributed by atoms with van der Waals surface area (Å²) < 4.78 is 3.66. The molecule has 0 atom stereocenters. The molecule has 6 aromatic carbocycles. The summed E-state index contributed by atoms with van der Waals surface area (Å²) in [6.45, 7) is 0. The first-order valence-electron chi connectivity index (χ1n) is 12.3. The van der Waals surface area contributed by atoms with Crippen LogP contribution in [0.4, 0.5) is 17.1 Å². The van der Waals surface area contributed by atoms with Gasteiger partial charge >= 0.3 is 0 Å². The Morgan fingerprint density at radius 3 is 2.05 bits per heavy atom. The molecular formula is C34H22BrNS. The lowest BCUT2D eigenvalue weighted by atomic mass is 9.98. The van der Waals surface area contributed by atoms with Gasteiger partial charge in [-0.2, -0.15) is 0 Å². The molecule has 0 unspecified atom stereocenters. The van der Waals surface area contributed by atoms with Crippen LogP contribution in [0.25, 0.3) is 42.1 Å². The quantitative estimate of drug-likeness (QED) is 0.208. The Kier molecular flexibility index (Phi) is 5.53. The molecule has 1 heterocycles. The Morgan fingerprint density at radius 2 is 1.22 bits per heavy atom. The molecule has 0 aliphatic heterocycles. The Bertz CT molecular complexity index is 1880. The minimum absolute atomic E-state index is 1.08. The van der Waals surface area contributed by atoms with E-state index >= 15 is 0 Å². The van der Waals surface area contributed by atoms with Gasteiger partial charge in [0.25, 0.3) is 0 Å². The summed E-state index contributed by atoms with van der Waals surface area (Å²) in [6, 6.07) is 47.9. The summed E-state index contributed by atoms with van der Waals surface area (Å²) in [5.41, 5.74) is 5.92. The van der Waals surface area contributed by atoms with Gasteiger partial charge in [0, 0.05) is 31.3 Å². The van der Waals surface area contributed by atoms with Gasteiger partial charge in [-0.1, -0.05) is 107 Å². The van der Waals surface area contributed by atoms with Crippen LogP contribution >= 0.6 is 27.3 Å². The molecule has 3 heteroatoms. The standard InChI is InChI=1S/C34H22BrNS/c35-25-21-31-30-14-6-7-16-33(30)37-34(31)32(22-25)36(26-11-2-1-3-12-26)27-19-17-24(18-20-27)29-15-8-10-23-9-4-5-13-28(23)29/h1-22H. The van der Waals surface area contributed by atoms with Crippen molar-refractivity contribution in [3.63, 3.8) is 0 Å². The minimum atomic E-state index is 1.08. The van der Waals surface area contributed by atoms with E-state index in [2.05, 4.69) is 154 Å². The largest absolute Gasteiger partial charge is 0.309 e. The van der Waals surface area contributed by atoms with E-state index in [1.807, 2.05) is 11.3 Å². The van der Waals surface area contributed by atoms with Gasteiger partial charge in [0.15, 0.2) is 0 Å². The molecule has 0 N–H and O–H groups in total. The number of benzene rings is 6. The highest BCUT2D eigenvalue weighted by molar-refractivity contribution is 9.10. The number of halogens is 1. The molecule has 7 aromatic rings. The summed E-state index contributed by atoms with van der Waals surface area (Å²) in [5.74, 6) is 0. The maximum absolute atomic E-state index is 3.81. The van der Waals surface area contributed by atoms with Crippen LogP contribution in [0.5, 0.6) is 0 Å². The lowest BCUT2D eigenvalue weighted by Gasteiger charge is -2.26. The first-order chi connectivity index (χ1) is 18.3. The number of rotatable bonds is 4. The topological polar surface area (TPSA) is 3.24 Å². The molecule has 1 aromatic heterocycles. The molecule has 7 rings (SSSR count). The molecule has 0 amide bonds. The van der Waals surface area contributed by atoms with Crippen molar-refractivity contribution < 1.29 is 0 Å². The molecule has 0 bridgehead atoms. The second kappa shape index (κ2) is 9.19. The number of para-hydroxylation sites is 1. The van der Waals surface area contributed by atoms with Crippen LogP contribution < -0.4 is 4.90 Å². The summed E-state index contributed by atoms with van der Waals surface area (Å²) in [5, 5.41) is 5.11. The normalized spacial score (nSPS) is 11.4. The van der Waals surface area contributed by atoms with Gasteiger partial charge in [0.05, 0.1) is 10.4 Å². The SMILES string of the molecule is Brc1cc(N(c2ccccc2)c2ccc(-c3cccc4ccccc34)cc2)c2sc3ccccc3c2c1. The smallest absolute Gasteiger partial charge is 0.0651 e. The first-order valence-corrected chi connectivity index (χ1v) is 13.9. The monoisotopic (exact) mass is 555 g/mol. The average Bonchev–Trinajstić information content (AvgIpc) is 3.32. The van der Waals surface area contributed by atoms with E-state index in [4.69, 9.17) is 0 Å². The number of anilines is 3. The van der Waals surface area contributed by atoms with Gasteiger partial charge < -0.3 is 4.90 Å². The number of fused-ring (bicyclic) bond motifs is 4. The lowest BCUT2D eigenvalue weighted by Crippen LogP contribution is -2.10. The molecule has 37 heavy (non-hydrogen) atoms. The van der Waals surface area contributed by atoms with Crippen LogP contribution in [-0.2, 0) is 0 Å². The van der Waals surface area contributed by atoms with E-state index in [0.29, 0.717) is 0 Å². The molecule has 0 saturated carbocycles. The molecule has 0 radical (unpaired) electrons. The summed E-state index contributed by atoms with van der Waals surface area (Å²) in [7, 11) is 0.